The topological polar surface area (TPSA) is 46.5 Å². The van der Waals surface area contributed by atoms with Crippen molar-refractivity contribution in [3.05, 3.63) is 88.9 Å². The van der Waals surface area contributed by atoms with Crippen molar-refractivity contribution in [1.82, 2.24) is 0 Å². The lowest BCUT2D eigenvalue weighted by molar-refractivity contribution is 0.0697. The lowest BCUT2D eigenvalue weighted by atomic mass is 10.0. The minimum absolute atomic E-state index is 0.0760. The summed E-state index contributed by atoms with van der Waals surface area (Å²) in [5.41, 5.74) is 2.72. The van der Waals surface area contributed by atoms with E-state index in [0.717, 1.165) is 16.7 Å². The Labute approximate surface area is 145 Å². The first-order valence-electron chi connectivity index (χ1n) is 7.44. The number of carboxylic acids is 1. The van der Waals surface area contributed by atoms with E-state index in [1.54, 1.807) is 18.2 Å². The molecule has 3 aromatic carbocycles. The maximum atomic E-state index is 11.3. The summed E-state index contributed by atoms with van der Waals surface area (Å²) in [6, 6.07) is 22.4. The van der Waals surface area contributed by atoms with Crippen LogP contribution in [0.5, 0.6) is 5.75 Å². The number of halogens is 1. The fourth-order valence-corrected chi connectivity index (χ4v) is 2.62. The number of carbonyl (C=O) groups is 1. The lowest BCUT2D eigenvalue weighted by Gasteiger charge is -2.12. The molecular weight excluding hydrogens is 324 g/mol. The van der Waals surface area contributed by atoms with Crippen molar-refractivity contribution >= 4 is 17.6 Å². The molecule has 0 aliphatic heterocycles. The summed E-state index contributed by atoms with van der Waals surface area (Å²) in [5, 5.41) is 9.46. The molecule has 0 radical (unpaired) electrons. The van der Waals surface area contributed by atoms with Crippen LogP contribution in [0.1, 0.15) is 15.9 Å². The molecule has 3 rings (SSSR count). The van der Waals surface area contributed by atoms with Gasteiger partial charge in [0.15, 0.2) is 0 Å². The SMILES string of the molecule is O=C(O)c1cc(-c2ccccc2OCc2ccccc2)ccc1Cl. The lowest BCUT2D eigenvalue weighted by Crippen LogP contribution is -1.99. The number of para-hydroxylation sites is 1. The summed E-state index contributed by atoms with van der Waals surface area (Å²) >= 11 is 5.95. The molecule has 0 spiro atoms. The summed E-state index contributed by atoms with van der Waals surface area (Å²) in [6.45, 7) is 0.442. The fraction of sp³-hybridized carbons (Fsp3) is 0.0500. The Bertz CT molecular complexity index is 860. The highest BCUT2D eigenvalue weighted by molar-refractivity contribution is 6.33. The van der Waals surface area contributed by atoms with E-state index < -0.39 is 5.97 Å². The van der Waals surface area contributed by atoms with Gasteiger partial charge in [0.2, 0.25) is 0 Å². The zero-order chi connectivity index (χ0) is 16.9. The minimum atomic E-state index is -1.05. The highest BCUT2D eigenvalue weighted by Crippen LogP contribution is 2.32. The molecule has 0 aliphatic rings. The van der Waals surface area contributed by atoms with Gasteiger partial charge in [-0.15, -0.1) is 0 Å². The van der Waals surface area contributed by atoms with Gasteiger partial charge in [-0.3, -0.25) is 0 Å². The Morgan fingerprint density at radius 3 is 2.42 bits per heavy atom. The molecule has 0 aliphatic carbocycles. The number of benzene rings is 3. The Balaban J connectivity index is 1.92. The Hall–Kier alpha value is -2.78. The van der Waals surface area contributed by atoms with E-state index in [4.69, 9.17) is 16.3 Å². The largest absolute Gasteiger partial charge is 0.488 e. The van der Waals surface area contributed by atoms with E-state index in [1.165, 1.54) is 0 Å². The maximum absolute atomic E-state index is 11.3. The normalized spacial score (nSPS) is 10.4. The second-order valence-electron chi connectivity index (χ2n) is 5.27. The van der Waals surface area contributed by atoms with Crippen LogP contribution >= 0.6 is 11.6 Å². The first-order valence-corrected chi connectivity index (χ1v) is 7.82. The van der Waals surface area contributed by atoms with Crippen LogP contribution in [-0.4, -0.2) is 11.1 Å². The number of carboxylic acid groups (broad SMARTS) is 1. The Kier molecular flexibility index (Phi) is 4.82. The van der Waals surface area contributed by atoms with Crippen LogP contribution in [-0.2, 0) is 6.61 Å². The highest BCUT2D eigenvalue weighted by Gasteiger charge is 2.12. The molecule has 3 aromatic rings. The molecule has 0 bridgehead atoms. The van der Waals surface area contributed by atoms with Crippen LogP contribution in [0.15, 0.2) is 72.8 Å². The third kappa shape index (κ3) is 3.58. The third-order valence-corrected chi connectivity index (χ3v) is 3.96. The first-order chi connectivity index (χ1) is 11.6. The smallest absolute Gasteiger partial charge is 0.337 e. The first kappa shape index (κ1) is 16.1. The van der Waals surface area contributed by atoms with E-state index in [9.17, 15) is 9.90 Å². The average Bonchev–Trinajstić information content (AvgIpc) is 2.61. The molecule has 0 fully saturated rings. The summed E-state index contributed by atoms with van der Waals surface area (Å²) < 4.78 is 5.93. The van der Waals surface area contributed by atoms with Gasteiger partial charge in [-0.25, -0.2) is 4.79 Å². The maximum Gasteiger partial charge on any atom is 0.337 e. The quantitative estimate of drug-likeness (QED) is 0.688. The monoisotopic (exact) mass is 338 g/mol. The van der Waals surface area contributed by atoms with Crippen LogP contribution in [0.25, 0.3) is 11.1 Å². The van der Waals surface area contributed by atoms with Crippen molar-refractivity contribution in [1.29, 1.82) is 0 Å². The van der Waals surface area contributed by atoms with Crippen molar-refractivity contribution in [2.45, 2.75) is 6.61 Å². The van der Waals surface area contributed by atoms with Crippen molar-refractivity contribution in [3.63, 3.8) is 0 Å². The van der Waals surface area contributed by atoms with Gasteiger partial charge in [0.25, 0.3) is 0 Å². The van der Waals surface area contributed by atoms with Gasteiger partial charge in [-0.2, -0.15) is 0 Å². The Morgan fingerprint density at radius 1 is 0.958 bits per heavy atom. The van der Waals surface area contributed by atoms with E-state index in [-0.39, 0.29) is 10.6 Å². The molecule has 24 heavy (non-hydrogen) atoms. The Morgan fingerprint density at radius 2 is 1.67 bits per heavy atom. The summed E-state index contributed by atoms with van der Waals surface area (Å²) in [6.07, 6.45) is 0. The standard InChI is InChI=1S/C20H15ClO3/c21-18-11-10-15(12-17(18)20(22)23)16-8-4-5-9-19(16)24-13-14-6-2-1-3-7-14/h1-12H,13H2,(H,22,23). The van der Waals surface area contributed by atoms with Gasteiger partial charge in [0.05, 0.1) is 10.6 Å². The summed E-state index contributed by atoms with van der Waals surface area (Å²) in [4.78, 5) is 11.3. The summed E-state index contributed by atoms with van der Waals surface area (Å²) in [5.74, 6) is -0.357. The van der Waals surface area contributed by atoms with Crippen LogP contribution in [0.2, 0.25) is 5.02 Å². The van der Waals surface area contributed by atoms with E-state index in [1.807, 2.05) is 54.6 Å². The molecule has 3 nitrogen and oxygen atoms in total. The zero-order valence-electron chi connectivity index (χ0n) is 12.8. The number of ether oxygens (including phenoxy) is 1. The van der Waals surface area contributed by atoms with E-state index in [2.05, 4.69) is 0 Å². The molecule has 0 saturated heterocycles. The van der Waals surface area contributed by atoms with Gasteiger partial charge in [0, 0.05) is 5.56 Å². The molecule has 120 valence electrons. The zero-order valence-corrected chi connectivity index (χ0v) is 13.5. The number of rotatable bonds is 5. The summed E-state index contributed by atoms with van der Waals surface area (Å²) in [7, 11) is 0. The molecule has 0 heterocycles. The fourth-order valence-electron chi connectivity index (χ4n) is 2.42. The molecule has 0 atom stereocenters. The molecular formula is C20H15ClO3. The van der Waals surface area contributed by atoms with Crippen LogP contribution in [0.3, 0.4) is 0 Å². The van der Waals surface area contributed by atoms with Crippen LogP contribution < -0.4 is 4.74 Å². The highest BCUT2D eigenvalue weighted by atomic mass is 35.5. The molecule has 0 saturated carbocycles. The molecule has 0 aromatic heterocycles. The molecule has 4 heteroatoms. The van der Waals surface area contributed by atoms with Crippen LogP contribution in [0.4, 0.5) is 0 Å². The van der Waals surface area contributed by atoms with Crippen molar-refractivity contribution in [3.8, 4) is 16.9 Å². The number of aromatic carboxylic acids is 1. The van der Waals surface area contributed by atoms with Gasteiger partial charge in [-0.1, -0.05) is 66.2 Å². The van der Waals surface area contributed by atoms with E-state index in [0.29, 0.717) is 12.4 Å². The minimum Gasteiger partial charge on any atom is -0.488 e. The van der Waals surface area contributed by atoms with Gasteiger partial charge in [0.1, 0.15) is 12.4 Å². The third-order valence-electron chi connectivity index (χ3n) is 3.63. The molecule has 0 unspecified atom stereocenters. The van der Waals surface area contributed by atoms with Crippen LogP contribution in [0, 0.1) is 0 Å². The second-order valence-corrected chi connectivity index (χ2v) is 5.68. The second kappa shape index (κ2) is 7.20. The predicted molar refractivity (Wildman–Crippen MR) is 94.6 cm³/mol. The van der Waals surface area contributed by atoms with E-state index >= 15 is 0 Å². The van der Waals surface area contributed by atoms with Crippen molar-refractivity contribution in [2.75, 3.05) is 0 Å². The van der Waals surface area contributed by atoms with Gasteiger partial charge >= 0.3 is 5.97 Å². The van der Waals surface area contributed by atoms with Gasteiger partial charge in [-0.05, 0) is 29.3 Å². The number of hydrogen-bond donors (Lipinski definition) is 1. The molecule has 0 amide bonds. The van der Waals surface area contributed by atoms with Crippen molar-refractivity contribution < 1.29 is 14.6 Å². The van der Waals surface area contributed by atoms with Crippen molar-refractivity contribution in [2.24, 2.45) is 0 Å². The average molecular weight is 339 g/mol. The predicted octanol–water partition coefficient (Wildman–Crippen LogP) is 5.28. The van der Waals surface area contributed by atoms with Gasteiger partial charge < -0.3 is 9.84 Å². The molecule has 1 N–H and O–H groups in total. The number of hydrogen-bond acceptors (Lipinski definition) is 2.